The predicted octanol–water partition coefficient (Wildman–Crippen LogP) is 4.92. The minimum atomic E-state index is 0.0387. The Morgan fingerprint density at radius 3 is 2.41 bits per heavy atom. The molecule has 0 bridgehead atoms. The summed E-state index contributed by atoms with van der Waals surface area (Å²) in [6, 6.07) is 17.7. The molecule has 0 saturated heterocycles. The molecule has 2 heterocycles. The van der Waals surface area contributed by atoms with Crippen LogP contribution in [0.3, 0.4) is 0 Å². The highest BCUT2D eigenvalue weighted by molar-refractivity contribution is 5.76. The molecular weight excluding hydrogens is 354 g/mol. The number of nitrogens with zero attached hydrogens (tertiary/aromatic N) is 3. The molecule has 0 atom stereocenters. The summed E-state index contributed by atoms with van der Waals surface area (Å²) < 4.78 is 4.53. The van der Waals surface area contributed by atoms with Crippen molar-refractivity contribution >= 4 is 10.9 Å². The molecule has 2 aromatic heterocycles. The van der Waals surface area contributed by atoms with Gasteiger partial charge >= 0.3 is 0 Å². The number of para-hydroxylation sites is 1. The molecule has 4 aromatic rings. The topological polar surface area (TPSA) is 20.6 Å². The van der Waals surface area contributed by atoms with E-state index in [-0.39, 0.29) is 5.41 Å². The van der Waals surface area contributed by atoms with Crippen LogP contribution in [-0.4, -0.2) is 4.98 Å². The molecule has 4 rings (SSSR count). The molecule has 3 heteroatoms. The molecule has 0 N–H and O–H groups in total. The van der Waals surface area contributed by atoms with Crippen LogP contribution in [0.1, 0.15) is 37.6 Å². The Hall–Kier alpha value is -3.07. The third-order valence-electron chi connectivity index (χ3n) is 5.75. The summed E-state index contributed by atoms with van der Waals surface area (Å²) in [5.74, 6) is 0. The van der Waals surface area contributed by atoms with Crippen molar-refractivity contribution in [1.82, 2.24) is 4.98 Å². The Bertz CT molecular complexity index is 1220. The van der Waals surface area contributed by atoms with Gasteiger partial charge in [-0.25, -0.2) is 0 Å². The fourth-order valence-corrected chi connectivity index (χ4v) is 3.94. The Balaban J connectivity index is 2.12. The van der Waals surface area contributed by atoms with Gasteiger partial charge in [-0.15, -0.1) is 0 Å². The Morgan fingerprint density at radius 1 is 0.931 bits per heavy atom. The lowest BCUT2D eigenvalue weighted by Gasteiger charge is -2.21. The van der Waals surface area contributed by atoms with Crippen LogP contribution < -0.4 is 9.13 Å². The van der Waals surface area contributed by atoms with Gasteiger partial charge in [0.25, 0.3) is 0 Å². The molecule has 0 radical (unpaired) electrons. The van der Waals surface area contributed by atoms with Crippen molar-refractivity contribution in [2.45, 2.75) is 40.0 Å². The predicted molar refractivity (Wildman–Crippen MR) is 118 cm³/mol. The summed E-state index contributed by atoms with van der Waals surface area (Å²) in [7, 11) is 2.08. The summed E-state index contributed by atoms with van der Waals surface area (Å²) in [6.45, 7) is 11.2. The molecule has 0 spiro atoms. The summed E-state index contributed by atoms with van der Waals surface area (Å²) in [5.41, 5.74) is 8.63. The van der Waals surface area contributed by atoms with Crippen LogP contribution in [0.4, 0.5) is 0 Å². The Kier molecular flexibility index (Phi) is 4.70. The summed E-state index contributed by atoms with van der Waals surface area (Å²) in [5, 5.41) is 1.24. The normalized spacial score (nSPS) is 11.8. The molecule has 0 fully saturated rings. The standard InChI is InChI=1S/C26H29N3/c1-18-11-12-20-9-7-8-10-23(20)29(18)24-16-21(26(3,4)5)15-22(19(24)2)25-17-27-13-14-28(25)6/h7-17H,1-6H3/q+2. The zero-order chi connectivity index (χ0) is 20.8. The fourth-order valence-electron chi connectivity index (χ4n) is 3.94. The highest BCUT2D eigenvalue weighted by Crippen LogP contribution is 2.32. The number of hydrogen-bond acceptors (Lipinski definition) is 1. The second-order valence-corrected chi connectivity index (χ2v) is 8.86. The van der Waals surface area contributed by atoms with E-state index in [0.717, 1.165) is 5.69 Å². The van der Waals surface area contributed by atoms with Crippen LogP contribution in [0.25, 0.3) is 27.8 Å². The molecule has 0 saturated carbocycles. The largest absolute Gasteiger partial charge is 0.252 e. The Labute approximate surface area is 173 Å². The number of rotatable bonds is 2. The summed E-state index contributed by atoms with van der Waals surface area (Å²) in [6.07, 6.45) is 5.80. The number of fused-ring (bicyclic) bond motifs is 1. The van der Waals surface area contributed by atoms with Gasteiger partial charge in [0.2, 0.25) is 16.9 Å². The van der Waals surface area contributed by atoms with Crippen LogP contribution >= 0.6 is 0 Å². The highest BCUT2D eigenvalue weighted by Gasteiger charge is 2.27. The van der Waals surface area contributed by atoms with E-state index in [1.807, 2.05) is 18.6 Å². The van der Waals surface area contributed by atoms with Gasteiger partial charge in [-0.1, -0.05) is 32.9 Å². The van der Waals surface area contributed by atoms with Crippen molar-refractivity contribution in [3.8, 4) is 16.9 Å². The molecule has 0 aliphatic rings. The van der Waals surface area contributed by atoms with E-state index >= 15 is 0 Å². The van der Waals surface area contributed by atoms with Gasteiger partial charge in [0.15, 0.2) is 11.9 Å². The first-order valence-electron chi connectivity index (χ1n) is 10.1. The van der Waals surface area contributed by atoms with E-state index < -0.39 is 0 Å². The number of hydrogen-bond donors (Lipinski definition) is 0. The average Bonchev–Trinajstić information content (AvgIpc) is 2.68. The third kappa shape index (κ3) is 3.42. The molecule has 29 heavy (non-hydrogen) atoms. The van der Waals surface area contributed by atoms with Crippen LogP contribution in [0.5, 0.6) is 0 Å². The first-order valence-corrected chi connectivity index (χ1v) is 10.1. The first-order chi connectivity index (χ1) is 13.8. The lowest BCUT2D eigenvalue weighted by atomic mass is 9.84. The quantitative estimate of drug-likeness (QED) is 0.450. The number of aryl methyl sites for hydroxylation is 2. The van der Waals surface area contributed by atoms with Crippen molar-refractivity contribution < 1.29 is 9.13 Å². The van der Waals surface area contributed by atoms with E-state index in [1.54, 1.807) is 0 Å². The Morgan fingerprint density at radius 2 is 1.69 bits per heavy atom. The molecule has 0 aliphatic heterocycles. The fraction of sp³-hybridized carbons (Fsp3) is 0.269. The highest BCUT2D eigenvalue weighted by atomic mass is 15.0. The maximum Gasteiger partial charge on any atom is 0.231 e. The van der Waals surface area contributed by atoms with Crippen molar-refractivity contribution in [3.05, 3.63) is 83.9 Å². The number of benzene rings is 2. The van der Waals surface area contributed by atoms with Gasteiger partial charge < -0.3 is 0 Å². The van der Waals surface area contributed by atoms with Gasteiger partial charge in [-0.3, -0.25) is 4.98 Å². The van der Waals surface area contributed by atoms with Gasteiger partial charge in [0.05, 0.1) is 18.0 Å². The second-order valence-electron chi connectivity index (χ2n) is 8.86. The SMILES string of the molecule is Cc1c(-c2cncc[n+]2C)cc(C(C)(C)C)cc1-[n+]1c(C)ccc2ccccc21. The van der Waals surface area contributed by atoms with E-state index in [0.29, 0.717) is 0 Å². The zero-order valence-corrected chi connectivity index (χ0v) is 18.2. The van der Waals surface area contributed by atoms with Crippen LogP contribution in [0.2, 0.25) is 0 Å². The van der Waals surface area contributed by atoms with E-state index in [9.17, 15) is 0 Å². The van der Waals surface area contributed by atoms with Crippen LogP contribution in [0, 0.1) is 13.8 Å². The molecular formula is C26H29N3+2. The first kappa shape index (κ1) is 19.3. The summed E-state index contributed by atoms with van der Waals surface area (Å²) in [4.78, 5) is 4.40. The van der Waals surface area contributed by atoms with Gasteiger partial charge in [-0.05, 0) is 36.1 Å². The molecule has 3 nitrogen and oxygen atoms in total. The van der Waals surface area contributed by atoms with Crippen molar-refractivity contribution in [2.75, 3.05) is 0 Å². The van der Waals surface area contributed by atoms with Crippen LogP contribution in [-0.2, 0) is 12.5 Å². The van der Waals surface area contributed by atoms with E-state index in [4.69, 9.17) is 0 Å². The molecule has 146 valence electrons. The summed E-state index contributed by atoms with van der Waals surface area (Å²) >= 11 is 0. The molecule has 0 aliphatic carbocycles. The molecule has 2 aromatic carbocycles. The van der Waals surface area contributed by atoms with Gasteiger partial charge in [0.1, 0.15) is 7.05 Å². The van der Waals surface area contributed by atoms with Crippen molar-refractivity contribution in [2.24, 2.45) is 7.05 Å². The lowest BCUT2D eigenvalue weighted by Crippen LogP contribution is -2.37. The van der Waals surface area contributed by atoms with E-state index in [1.165, 1.54) is 39.0 Å². The maximum atomic E-state index is 4.40. The maximum absolute atomic E-state index is 4.40. The average molecular weight is 384 g/mol. The number of pyridine rings is 1. The third-order valence-corrected chi connectivity index (χ3v) is 5.75. The molecule has 0 amide bonds. The smallest absolute Gasteiger partial charge is 0.231 e. The van der Waals surface area contributed by atoms with Crippen LogP contribution in [0.15, 0.2) is 67.1 Å². The van der Waals surface area contributed by atoms with Crippen molar-refractivity contribution in [1.29, 1.82) is 0 Å². The lowest BCUT2D eigenvalue weighted by molar-refractivity contribution is -0.661. The second kappa shape index (κ2) is 7.07. The molecule has 0 unspecified atom stereocenters. The van der Waals surface area contributed by atoms with Gasteiger partial charge in [-0.2, -0.15) is 9.13 Å². The van der Waals surface area contributed by atoms with Gasteiger partial charge in [0, 0.05) is 36.1 Å². The number of aromatic nitrogens is 3. The van der Waals surface area contributed by atoms with E-state index in [2.05, 4.69) is 104 Å². The van der Waals surface area contributed by atoms with Crippen molar-refractivity contribution in [3.63, 3.8) is 0 Å². The monoisotopic (exact) mass is 383 g/mol. The minimum Gasteiger partial charge on any atom is -0.252 e. The minimum absolute atomic E-state index is 0.0387. The zero-order valence-electron chi connectivity index (χ0n) is 18.2.